The number of aliphatic carboxylic acids is 1. The molecule has 9 heteroatoms. The van der Waals surface area contributed by atoms with Gasteiger partial charge in [-0.15, -0.1) is 11.3 Å². The van der Waals surface area contributed by atoms with Crippen LogP contribution in [0.2, 0.25) is 0 Å². The first kappa shape index (κ1) is 20.6. The minimum absolute atomic E-state index is 0.193. The van der Waals surface area contributed by atoms with E-state index in [1.807, 2.05) is 25.4 Å². The van der Waals surface area contributed by atoms with Gasteiger partial charge in [0.2, 0.25) is 0 Å². The Morgan fingerprint density at radius 1 is 1.46 bits per heavy atom. The first-order chi connectivity index (χ1) is 13.4. The quantitative estimate of drug-likeness (QED) is 0.603. The molecule has 2 unspecified atom stereocenters. The third-order valence-corrected chi connectivity index (χ3v) is 6.87. The highest BCUT2D eigenvalue weighted by atomic mass is 32.2. The molecule has 2 aromatic rings. The van der Waals surface area contributed by atoms with Crippen LogP contribution in [-0.4, -0.2) is 51.5 Å². The number of aryl methyl sites for hydroxylation is 1. The van der Waals surface area contributed by atoms with Gasteiger partial charge in [0.15, 0.2) is 0 Å². The van der Waals surface area contributed by atoms with E-state index in [9.17, 15) is 14.7 Å². The number of carboxylic acids is 1. The average molecular weight is 421 g/mol. The number of nitrogens with one attached hydrogen (secondary N) is 2. The highest BCUT2D eigenvalue weighted by Crippen LogP contribution is 2.41. The number of thioether (sulfide) groups is 1. The SMILES string of the molecule is CSCC[C@H](NC(=O)c1ccc(C(C)C2CNc3nc(C)ncc32)s1)C(=O)O. The number of amides is 1. The Morgan fingerprint density at radius 3 is 2.96 bits per heavy atom. The molecule has 0 aromatic carbocycles. The predicted octanol–water partition coefficient (Wildman–Crippen LogP) is 3.10. The summed E-state index contributed by atoms with van der Waals surface area (Å²) in [7, 11) is 0. The summed E-state index contributed by atoms with van der Waals surface area (Å²) >= 11 is 2.97. The number of hydrogen-bond acceptors (Lipinski definition) is 7. The monoisotopic (exact) mass is 420 g/mol. The van der Waals surface area contributed by atoms with Crippen molar-refractivity contribution in [2.75, 3.05) is 23.9 Å². The number of nitrogens with zero attached hydrogens (tertiary/aromatic N) is 2. The molecule has 3 heterocycles. The summed E-state index contributed by atoms with van der Waals surface area (Å²) in [5.41, 5.74) is 1.10. The van der Waals surface area contributed by atoms with Crippen molar-refractivity contribution in [1.82, 2.24) is 15.3 Å². The van der Waals surface area contributed by atoms with E-state index in [0.717, 1.165) is 28.6 Å². The van der Waals surface area contributed by atoms with E-state index in [-0.39, 0.29) is 17.7 Å². The molecular formula is C19H24N4O3S2. The lowest BCUT2D eigenvalue weighted by atomic mass is 9.89. The summed E-state index contributed by atoms with van der Waals surface area (Å²) in [6.07, 6.45) is 4.19. The van der Waals surface area contributed by atoms with Crippen LogP contribution < -0.4 is 10.6 Å². The number of hydrogen-bond donors (Lipinski definition) is 3. The van der Waals surface area contributed by atoms with Crippen molar-refractivity contribution < 1.29 is 14.7 Å². The lowest BCUT2D eigenvalue weighted by Gasteiger charge is -2.17. The van der Waals surface area contributed by atoms with Gasteiger partial charge in [0.1, 0.15) is 17.7 Å². The molecule has 0 bridgehead atoms. The molecule has 3 rings (SSSR count). The zero-order valence-corrected chi connectivity index (χ0v) is 17.7. The molecule has 28 heavy (non-hydrogen) atoms. The molecule has 0 aliphatic carbocycles. The van der Waals surface area contributed by atoms with Crippen LogP contribution in [0.5, 0.6) is 0 Å². The van der Waals surface area contributed by atoms with Crippen molar-refractivity contribution in [3.8, 4) is 0 Å². The fourth-order valence-electron chi connectivity index (χ4n) is 3.30. The number of anilines is 1. The minimum atomic E-state index is -1.00. The van der Waals surface area contributed by atoms with E-state index >= 15 is 0 Å². The second kappa shape index (κ2) is 8.91. The number of thiophene rings is 1. The lowest BCUT2D eigenvalue weighted by Crippen LogP contribution is -2.40. The summed E-state index contributed by atoms with van der Waals surface area (Å²) in [5.74, 6) is 1.40. The zero-order chi connectivity index (χ0) is 20.3. The molecule has 1 amide bonds. The summed E-state index contributed by atoms with van der Waals surface area (Å²) in [5, 5.41) is 15.3. The van der Waals surface area contributed by atoms with Gasteiger partial charge in [0.05, 0.1) is 4.88 Å². The van der Waals surface area contributed by atoms with Crippen LogP contribution in [0, 0.1) is 6.92 Å². The Kier molecular flexibility index (Phi) is 6.56. The number of rotatable bonds is 8. The maximum absolute atomic E-state index is 12.5. The lowest BCUT2D eigenvalue weighted by molar-refractivity contribution is -0.139. The molecular weight excluding hydrogens is 396 g/mol. The number of carbonyl (C=O) groups excluding carboxylic acids is 1. The summed E-state index contributed by atoms with van der Waals surface area (Å²) in [6, 6.07) is 2.86. The van der Waals surface area contributed by atoms with Crippen LogP contribution in [0.1, 0.15) is 51.1 Å². The van der Waals surface area contributed by atoms with Gasteiger partial charge in [-0.25, -0.2) is 14.8 Å². The molecule has 0 radical (unpaired) electrons. The third-order valence-electron chi connectivity index (χ3n) is 4.94. The second-order valence-corrected chi connectivity index (χ2v) is 8.95. The Hall–Kier alpha value is -2.13. The van der Waals surface area contributed by atoms with Crippen LogP contribution in [0.25, 0.3) is 0 Å². The number of fused-ring (bicyclic) bond motifs is 1. The van der Waals surface area contributed by atoms with E-state index < -0.39 is 12.0 Å². The van der Waals surface area contributed by atoms with Gasteiger partial charge < -0.3 is 15.7 Å². The van der Waals surface area contributed by atoms with Gasteiger partial charge in [0, 0.05) is 29.1 Å². The van der Waals surface area contributed by atoms with Crippen LogP contribution in [-0.2, 0) is 4.79 Å². The molecule has 3 N–H and O–H groups in total. The van der Waals surface area contributed by atoms with Crippen LogP contribution in [0.3, 0.4) is 0 Å². The molecule has 1 aliphatic rings. The maximum atomic E-state index is 12.5. The number of aromatic nitrogens is 2. The van der Waals surface area contributed by atoms with Crippen LogP contribution in [0.15, 0.2) is 18.3 Å². The molecule has 7 nitrogen and oxygen atoms in total. The van der Waals surface area contributed by atoms with Gasteiger partial charge in [-0.1, -0.05) is 6.92 Å². The van der Waals surface area contributed by atoms with Gasteiger partial charge >= 0.3 is 5.97 Å². The van der Waals surface area contributed by atoms with Crippen molar-refractivity contribution >= 4 is 40.8 Å². The largest absolute Gasteiger partial charge is 0.480 e. The molecule has 1 aliphatic heterocycles. The van der Waals surface area contributed by atoms with E-state index in [2.05, 4.69) is 27.5 Å². The molecule has 150 valence electrons. The van der Waals surface area contributed by atoms with E-state index in [1.54, 1.807) is 17.8 Å². The molecule has 2 aromatic heterocycles. The highest BCUT2D eigenvalue weighted by molar-refractivity contribution is 7.98. The average Bonchev–Trinajstić information content (AvgIpc) is 3.31. The second-order valence-electron chi connectivity index (χ2n) is 6.85. The normalized spacial score (nSPS) is 17.5. The van der Waals surface area contributed by atoms with Crippen LogP contribution >= 0.6 is 23.1 Å². The molecule has 0 spiro atoms. The van der Waals surface area contributed by atoms with Gasteiger partial charge in [-0.3, -0.25) is 4.79 Å². The first-order valence-electron chi connectivity index (χ1n) is 9.10. The van der Waals surface area contributed by atoms with Crippen molar-refractivity contribution in [2.45, 2.75) is 38.1 Å². The van der Waals surface area contributed by atoms with Gasteiger partial charge in [-0.2, -0.15) is 11.8 Å². The standard InChI is InChI=1S/C19H24N4O3S2/c1-10(12-8-21-17-13(12)9-20-11(2)22-17)15-4-5-16(28-15)18(24)23-14(19(25)26)6-7-27-3/h4-5,9-10,12,14H,6-8H2,1-3H3,(H,23,24)(H,25,26)(H,20,21,22)/t10?,12?,14-/m0/s1. The van der Waals surface area contributed by atoms with Crippen LogP contribution in [0.4, 0.5) is 5.82 Å². The minimum Gasteiger partial charge on any atom is -0.480 e. The fraction of sp³-hybridized carbons (Fsp3) is 0.474. The molecule has 0 saturated carbocycles. The fourth-order valence-corrected chi connectivity index (χ4v) is 4.79. The molecule has 0 saturated heterocycles. The Bertz CT molecular complexity index is 871. The van der Waals surface area contributed by atoms with Crippen molar-refractivity contribution in [3.05, 3.63) is 39.5 Å². The smallest absolute Gasteiger partial charge is 0.326 e. The summed E-state index contributed by atoms with van der Waals surface area (Å²) in [6.45, 7) is 4.78. The highest BCUT2D eigenvalue weighted by Gasteiger charge is 2.31. The van der Waals surface area contributed by atoms with Gasteiger partial charge in [0.25, 0.3) is 5.91 Å². The third kappa shape index (κ3) is 4.47. The Balaban J connectivity index is 1.70. The van der Waals surface area contributed by atoms with Crippen molar-refractivity contribution in [3.63, 3.8) is 0 Å². The summed E-state index contributed by atoms with van der Waals surface area (Å²) in [4.78, 5) is 34.3. The number of carbonyl (C=O) groups is 2. The Labute approximate surface area is 172 Å². The maximum Gasteiger partial charge on any atom is 0.326 e. The first-order valence-corrected chi connectivity index (χ1v) is 11.3. The van der Waals surface area contributed by atoms with Crippen molar-refractivity contribution in [1.29, 1.82) is 0 Å². The molecule has 3 atom stereocenters. The topological polar surface area (TPSA) is 104 Å². The van der Waals surface area contributed by atoms with E-state index in [4.69, 9.17) is 0 Å². The predicted molar refractivity (Wildman–Crippen MR) is 113 cm³/mol. The number of carboxylic acid groups (broad SMARTS) is 1. The van der Waals surface area contributed by atoms with E-state index in [1.165, 1.54) is 11.3 Å². The van der Waals surface area contributed by atoms with E-state index in [0.29, 0.717) is 17.1 Å². The Morgan fingerprint density at radius 2 is 2.25 bits per heavy atom. The van der Waals surface area contributed by atoms with Crippen molar-refractivity contribution in [2.24, 2.45) is 0 Å². The summed E-state index contributed by atoms with van der Waals surface area (Å²) < 4.78 is 0. The zero-order valence-electron chi connectivity index (χ0n) is 16.1. The molecule has 0 fully saturated rings. The van der Waals surface area contributed by atoms with Gasteiger partial charge in [-0.05, 0) is 43.4 Å².